The van der Waals surface area contributed by atoms with Crippen LogP contribution in [0.2, 0.25) is 0 Å². The van der Waals surface area contributed by atoms with Crippen LogP contribution in [0.1, 0.15) is 54.4 Å². The topological polar surface area (TPSA) is 114 Å². The number of sulfonamides is 1. The molecule has 4 bridgehead atoms. The van der Waals surface area contributed by atoms with Crippen molar-refractivity contribution in [3.63, 3.8) is 0 Å². The van der Waals surface area contributed by atoms with Gasteiger partial charge in [0.1, 0.15) is 6.61 Å². The maximum Gasteiger partial charge on any atom is 0.264 e. The summed E-state index contributed by atoms with van der Waals surface area (Å²) in [6.07, 6.45) is 2.29. The Morgan fingerprint density at radius 3 is 2.42 bits per heavy atom. The maximum atomic E-state index is 14.2. The lowest BCUT2D eigenvalue weighted by Crippen LogP contribution is -2.45. The summed E-state index contributed by atoms with van der Waals surface area (Å²) in [6.45, 7) is 10.6. The number of ether oxygens (including phenoxy) is 1. The van der Waals surface area contributed by atoms with Gasteiger partial charge in [0.25, 0.3) is 15.9 Å². The van der Waals surface area contributed by atoms with Crippen LogP contribution in [0.4, 0.5) is 5.95 Å². The van der Waals surface area contributed by atoms with Crippen LogP contribution >= 0.6 is 15.9 Å². The molecule has 0 saturated heterocycles. The first-order valence-corrected chi connectivity index (χ1v) is 16.2. The number of hydrogen-bond acceptors (Lipinski definition) is 7. The minimum atomic E-state index is -4.14. The smallest absolute Gasteiger partial charge is 0.264 e. The highest BCUT2D eigenvalue weighted by Gasteiger charge is 2.31. The summed E-state index contributed by atoms with van der Waals surface area (Å²) < 4.78 is 36.7. The average molecular weight is 665 g/mol. The fraction of sp³-hybridized carbons (Fsp3) is 0.312. The van der Waals surface area contributed by atoms with Crippen LogP contribution in [0.15, 0.2) is 76.2 Å². The molecule has 1 N–H and O–H groups in total. The van der Waals surface area contributed by atoms with E-state index in [-0.39, 0.29) is 46.8 Å². The molecule has 2 aromatic heterocycles. The summed E-state index contributed by atoms with van der Waals surface area (Å²) in [5.74, 6) is -0.244. The maximum absolute atomic E-state index is 14.2. The van der Waals surface area contributed by atoms with E-state index < -0.39 is 16.1 Å². The molecular formula is C32H34BrN5O4S. The number of halogens is 1. The van der Waals surface area contributed by atoms with Crippen molar-refractivity contribution in [2.75, 3.05) is 11.3 Å². The lowest BCUT2D eigenvalue weighted by Gasteiger charge is -2.35. The van der Waals surface area contributed by atoms with Crippen molar-refractivity contribution in [3.05, 3.63) is 93.7 Å². The van der Waals surface area contributed by atoms with Crippen molar-refractivity contribution >= 4 is 37.8 Å². The molecule has 1 amide bonds. The first-order chi connectivity index (χ1) is 20.3. The van der Waals surface area contributed by atoms with E-state index in [1.165, 1.54) is 12.1 Å². The van der Waals surface area contributed by atoms with E-state index in [4.69, 9.17) is 4.74 Å². The Morgan fingerprint density at radius 2 is 1.74 bits per heavy atom. The van der Waals surface area contributed by atoms with Crippen molar-refractivity contribution in [2.24, 2.45) is 5.41 Å². The minimum absolute atomic E-state index is 0.0739. The van der Waals surface area contributed by atoms with Crippen LogP contribution in [-0.2, 0) is 16.6 Å². The van der Waals surface area contributed by atoms with Gasteiger partial charge >= 0.3 is 0 Å². The summed E-state index contributed by atoms with van der Waals surface area (Å²) >= 11 is 3.42. The quantitative estimate of drug-likeness (QED) is 0.263. The van der Waals surface area contributed by atoms with Crippen LogP contribution in [0, 0.1) is 19.3 Å². The number of anilines is 1. The van der Waals surface area contributed by atoms with Crippen molar-refractivity contribution in [3.8, 4) is 17.1 Å². The average Bonchev–Trinajstić information content (AvgIpc) is 2.93. The number of amides is 1. The molecule has 0 unspecified atom stereocenters. The molecule has 2 aromatic carbocycles. The zero-order valence-corrected chi connectivity index (χ0v) is 27.2. The van der Waals surface area contributed by atoms with Gasteiger partial charge in [0.05, 0.1) is 28.9 Å². The molecule has 43 heavy (non-hydrogen) atoms. The van der Waals surface area contributed by atoms with Crippen molar-refractivity contribution in [1.29, 1.82) is 0 Å². The highest BCUT2D eigenvalue weighted by atomic mass is 79.9. The number of nitrogens with one attached hydrogen (secondary N) is 1. The predicted octanol–water partition coefficient (Wildman–Crippen LogP) is 6.56. The van der Waals surface area contributed by atoms with Crippen molar-refractivity contribution in [1.82, 2.24) is 19.9 Å². The molecule has 0 spiro atoms. The molecule has 11 heteroatoms. The number of carbonyl (C=O) groups excluding carboxylic acids is 1. The standard InChI is InChI=1S/C32H34BrN5O4S/c1-20-8-6-9-21(2)29(20)27-15-28-36-31(35-27)37-43(40,41)26-11-7-10-22(14-26)30(39)38(18-24-13-12-23(33)17-34-24)25(19-42-28)16-32(3,4)5/h6-15,17,25H,16,18-19H2,1-5H3,(H,35,36,37)/t25-/m1/s1. The third kappa shape index (κ3) is 7.22. The van der Waals surface area contributed by atoms with Gasteiger partial charge < -0.3 is 9.64 Å². The van der Waals surface area contributed by atoms with Gasteiger partial charge in [-0.25, -0.2) is 18.1 Å². The molecule has 0 fully saturated rings. The molecule has 3 heterocycles. The van der Waals surface area contributed by atoms with Gasteiger partial charge in [0, 0.05) is 27.9 Å². The Labute approximate surface area is 260 Å². The number of fused-ring (bicyclic) bond motifs is 4. The number of aromatic nitrogens is 3. The summed E-state index contributed by atoms with van der Waals surface area (Å²) in [5, 5.41) is 0. The van der Waals surface area contributed by atoms with E-state index in [1.807, 2.05) is 44.2 Å². The lowest BCUT2D eigenvalue weighted by atomic mass is 9.87. The van der Waals surface area contributed by atoms with Gasteiger partial charge in [0.15, 0.2) is 0 Å². The molecule has 1 aliphatic heterocycles. The Kier molecular flexibility index (Phi) is 8.58. The molecule has 1 atom stereocenters. The summed E-state index contributed by atoms with van der Waals surface area (Å²) in [5.41, 5.74) is 4.11. The fourth-order valence-electron chi connectivity index (χ4n) is 5.22. The van der Waals surface area contributed by atoms with Crippen LogP contribution in [-0.4, -0.2) is 46.8 Å². The molecule has 0 saturated carbocycles. The van der Waals surface area contributed by atoms with Gasteiger partial charge in [-0.3, -0.25) is 9.78 Å². The normalized spacial score (nSPS) is 16.7. The minimum Gasteiger partial charge on any atom is -0.475 e. The van der Waals surface area contributed by atoms with E-state index >= 15 is 0 Å². The third-order valence-corrected chi connectivity index (χ3v) is 8.95. The number of hydrogen-bond donors (Lipinski definition) is 1. The second-order valence-corrected chi connectivity index (χ2v) is 14.5. The number of rotatable bonds is 4. The van der Waals surface area contributed by atoms with E-state index in [2.05, 4.69) is 56.4 Å². The second-order valence-electron chi connectivity index (χ2n) is 11.9. The largest absolute Gasteiger partial charge is 0.475 e. The van der Waals surface area contributed by atoms with Gasteiger partial charge in [-0.1, -0.05) is 45.0 Å². The Balaban J connectivity index is 1.68. The first kappa shape index (κ1) is 30.6. The highest BCUT2D eigenvalue weighted by Crippen LogP contribution is 2.31. The van der Waals surface area contributed by atoms with E-state index in [0.717, 1.165) is 21.2 Å². The van der Waals surface area contributed by atoms with Crippen LogP contribution in [0.25, 0.3) is 11.3 Å². The third-order valence-electron chi connectivity index (χ3n) is 7.15. The predicted molar refractivity (Wildman–Crippen MR) is 169 cm³/mol. The van der Waals surface area contributed by atoms with Crippen LogP contribution in [0.5, 0.6) is 5.88 Å². The van der Waals surface area contributed by atoms with Gasteiger partial charge in [-0.15, -0.1) is 0 Å². The van der Waals surface area contributed by atoms with E-state index in [0.29, 0.717) is 17.8 Å². The molecule has 9 nitrogen and oxygen atoms in total. The van der Waals surface area contributed by atoms with E-state index in [9.17, 15) is 13.2 Å². The zero-order valence-electron chi connectivity index (χ0n) is 24.8. The SMILES string of the molecule is Cc1cccc(C)c1-c1cc2nc(n1)NS(=O)(=O)c1cccc(c1)C(=O)N(Cc1ccc(Br)cn1)[C@H](CC(C)(C)C)CO2. The molecule has 224 valence electrons. The number of aryl methyl sites for hydroxylation is 2. The van der Waals surface area contributed by atoms with Crippen LogP contribution < -0.4 is 9.46 Å². The molecular weight excluding hydrogens is 630 g/mol. The lowest BCUT2D eigenvalue weighted by molar-refractivity contribution is 0.0509. The summed E-state index contributed by atoms with van der Waals surface area (Å²) in [7, 11) is -4.14. The summed E-state index contributed by atoms with van der Waals surface area (Å²) in [6, 6.07) is 17.0. The first-order valence-electron chi connectivity index (χ1n) is 13.9. The van der Waals surface area contributed by atoms with Crippen LogP contribution in [0.3, 0.4) is 0 Å². The van der Waals surface area contributed by atoms with Gasteiger partial charge in [-0.2, -0.15) is 4.98 Å². The molecule has 1 aliphatic rings. The monoisotopic (exact) mass is 663 g/mol. The highest BCUT2D eigenvalue weighted by molar-refractivity contribution is 9.10. The van der Waals surface area contributed by atoms with Crippen molar-refractivity contribution < 1.29 is 17.9 Å². The Morgan fingerprint density at radius 1 is 1.02 bits per heavy atom. The van der Waals surface area contributed by atoms with Crippen molar-refractivity contribution in [2.45, 2.75) is 58.5 Å². The fourth-order valence-corrected chi connectivity index (χ4v) is 6.44. The Bertz CT molecular complexity index is 1750. The summed E-state index contributed by atoms with van der Waals surface area (Å²) in [4.78, 5) is 29.4. The molecule has 4 aromatic rings. The number of benzene rings is 2. The number of pyridine rings is 1. The molecule has 0 radical (unpaired) electrons. The van der Waals surface area contributed by atoms with E-state index in [1.54, 1.807) is 29.3 Å². The number of nitrogens with zero attached hydrogens (tertiary/aromatic N) is 4. The second kappa shape index (κ2) is 12.0. The van der Waals surface area contributed by atoms with Gasteiger partial charge in [0.2, 0.25) is 11.8 Å². The molecule has 0 aliphatic carbocycles. The zero-order chi connectivity index (χ0) is 30.9. The van der Waals surface area contributed by atoms with Gasteiger partial charge in [-0.05, 0) is 83.1 Å². The molecule has 5 rings (SSSR count). The number of carbonyl (C=O) groups is 1. The Hall–Kier alpha value is -3.83.